The number of carbonyl (C=O) groups is 2. The molecular formula is C14H14N2O3. The van der Waals surface area contributed by atoms with Crippen molar-refractivity contribution in [3.05, 3.63) is 29.8 Å². The van der Waals surface area contributed by atoms with Crippen molar-refractivity contribution in [1.29, 1.82) is 5.26 Å². The van der Waals surface area contributed by atoms with Crippen molar-refractivity contribution in [1.82, 2.24) is 0 Å². The standard InChI is InChI=1S/C14H14N2O3/c15-8-9-4-6-10(7-5-9)16-13(17)11-2-1-3-12(11)14(18)19/h4-7,11-12H,1-3H2,(H,16,17)(H,18,19). The molecule has 5 heteroatoms. The van der Waals surface area contributed by atoms with Gasteiger partial charge in [0.25, 0.3) is 0 Å². The van der Waals surface area contributed by atoms with E-state index in [0.29, 0.717) is 24.1 Å². The molecular weight excluding hydrogens is 244 g/mol. The van der Waals surface area contributed by atoms with Crippen LogP contribution in [0.4, 0.5) is 5.69 Å². The molecule has 2 atom stereocenters. The van der Waals surface area contributed by atoms with E-state index in [0.717, 1.165) is 6.42 Å². The van der Waals surface area contributed by atoms with E-state index in [1.54, 1.807) is 24.3 Å². The Hall–Kier alpha value is -2.35. The topological polar surface area (TPSA) is 90.2 Å². The van der Waals surface area contributed by atoms with Gasteiger partial charge in [-0.25, -0.2) is 0 Å². The molecule has 2 unspecified atom stereocenters. The fraction of sp³-hybridized carbons (Fsp3) is 0.357. The van der Waals surface area contributed by atoms with Gasteiger partial charge in [0, 0.05) is 5.69 Å². The molecule has 1 aromatic carbocycles. The molecule has 1 aliphatic carbocycles. The van der Waals surface area contributed by atoms with E-state index in [2.05, 4.69) is 5.32 Å². The second kappa shape index (κ2) is 5.53. The third-order valence-electron chi connectivity index (χ3n) is 3.45. The van der Waals surface area contributed by atoms with Crippen LogP contribution in [-0.4, -0.2) is 17.0 Å². The lowest BCUT2D eigenvalue weighted by Gasteiger charge is -2.15. The molecule has 0 saturated heterocycles. The highest BCUT2D eigenvalue weighted by molar-refractivity contribution is 5.95. The predicted molar refractivity (Wildman–Crippen MR) is 68.3 cm³/mol. The van der Waals surface area contributed by atoms with Crippen LogP contribution in [0.2, 0.25) is 0 Å². The Morgan fingerprint density at radius 3 is 2.42 bits per heavy atom. The van der Waals surface area contributed by atoms with E-state index >= 15 is 0 Å². The summed E-state index contributed by atoms with van der Waals surface area (Å²) in [5, 5.41) is 20.4. The van der Waals surface area contributed by atoms with Crippen LogP contribution in [-0.2, 0) is 9.59 Å². The molecule has 0 aliphatic heterocycles. The fourth-order valence-electron chi connectivity index (χ4n) is 2.43. The van der Waals surface area contributed by atoms with Gasteiger partial charge < -0.3 is 10.4 Å². The number of nitrogens with zero attached hydrogens (tertiary/aromatic N) is 1. The van der Waals surface area contributed by atoms with Crippen molar-refractivity contribution in [2.45, 2.75) is 19.3 Å². The van der Waals surface area contributed by atoms with Gasteiger partial charge in [-0.15, -0.1) is 0 Å². The molecule has 0 radical (unpaired) electrons. The Morgan fingerprint density at radius 2 is 1.84 bits per heavy atom. The Labute approximate surface area is 110 Å². The van der Waals surface area contributed by atoms with E-state index in [9.17, 15) is 9.59 Å². The number of carboxylic acid groups (broad SMARTS) is 1. The third kappa shape index (κ3) is 2.91. The number of carboxylic acids is 1. The summed E-state index contributed by atoms with van der Waals surface area (Å²) in [6, 6.07) is 8.49. The van der Waals surface area contributed by atoms with Crippen LogP contribution in [0.5, 0.6) is 0 Å². The molecule has 2 rings (SSSR count). The third-order valence-corrected chi connectivity index (χ3v) is 3.45. The van der Waals surface area contributed by atoms with E-state index < -0.39 is 17.8 Å². The minimum absolute atomic E-state index is 0.255. The maximum Gasteiger partial charge on any atom is 0.307 e. The number of hydrogen-bond donors (Lipinski definition) is 2. The van der Waals surface area contributed by atoms with Crippen LogP contribution in [0.1, 0.15) is 24.8 Å². The van der Waals surface area contributed by atoms with Gasteiger partial charge in [0.15, 0.2) is 0 Å². The average Bonchev–Trinajstić information content (AvgIpc) is 2.89. The summed E-state index contributed by atoms with van der Waals surface area (Å²) in [4.78, 5) is 23.1. The van der Waals surface area contributed by atoms with Crippen LogP contribution in [0.15, 0.2) is 24.3 Å². The van der Waals surface area contributed by atoms with Gasteiger partial charge in [-0.2, -0.15) is 5.26 Å². The molecule has 98 valence electrons. The molecule has 1 aliphatic rings. The van der Waals surface area contributed by atoms with Crippen molar-refractivity contribution in [2.24, 2.45) is 11.8 Å². The molecule has 19 heavy (non-hydrogen) atoms. The Kier molecular flexibility index (Phi) is 3.81. The summed E-state index contributed by atoms with van der Waals surface area (Å²) in [7, 11) is 0. The van der Waals surface area contributed by atoms with Crippen molar-refractivity contribution in [3.63, 3.8) is 0 Å². The van der Waals surface area contributed by atoms with Crippen LogP contribution in [0, 0.1) is 23.2 Å². The molecule has 1 aromatic rings. The molecule has 0 aromatic heterocycles. The summed E-state index contributed by atoms with van der Waals surface area (Å²) in [6.45, 7) is 0. The Morgan fingerprint density at radius 1 is 1.21 bits per heavy atom. The lowest BCUT2D eigenvalue weighted by molar-refractivity contribution is -0.145. The van der Waals surface area contributed by atoms with Crippen molar-refractivity contribution < 1.29 is 14.7 Å². The number of aliphatic carboxylic acids is 1. The number of nitrogens with one attached hydrogen (secondary N) is 1. The highest BCUT2D eigenvalue weighted by Crippen LogP contribution is 2.32. The quantitative estimate of drug-likeness (QED) is 0.867. The maximum absolute atomic E-state index is 12.0. The first-order valence-corrected chi connectivity index (χ1v) is 6.15. The number of benzene rings is 1. The van der Waals surface area contributed by atoms with Crippen LogP contribution < -0.4 is 5.32 Å². The number of hydrogen-bond acceptors (Lipinski definition) is 3. The van der Waals surface area contributed by atoms with Gasteiger partial charge in [0.05, 0.1) is 23.5 Å². The van der Waals surface area contributed by atoms with E-state index in [1.807, 2.05) is 6.07 Å². The fourth-order valence-corrected chi connectivity index (χ4v) is 2.43. The highest BCUT2D eigenvalue weighted by atomic mass is 16.4. The number of nitriles is 1. The second-order valence-electron chi connectivity index (χ2n) is 4.66. The highest BCUT2D eigenvalue weighted by Gasteiger charge is 2.37. The zero-order chi connectivity index (χ0) is 13.8. The van der Waals surface area contributed by atoms with Crippen LogP contribution in [0.25, 0.3) is 0 Å². The molecule has 1 amide bonds. The molecule has 5 nitrogen and oxygen atoms in total. The Bertz CT molecular complexity index is 531. The summed E-state index contributed by atoms with van der Waals surface area (Å²) in [5.74, 6) is -2.21. The smallest absolute Gasteiger partial charge is 0.307 e. The molecule has 0 bridgehead atoms. The summed E-state index contributed by atoms with van der Waals surface area (Å²) < 4.78 is 0. The monoisotopic (exact) mass is 258 g/mol. The first-order valence-electron chi connectivity index (χ1n) is 6.15. The minimum atomic E-state index is -0.905. The molecule has 2 N–H and O–H groups in total. The molecule has 1 fully saturated rings. The zero-order valence-corrected chi connectivity index (χ0v) is 10.3. The molecule has 0 heterocycles. The molecule has 0 spiro atoms. The van der Waals surface area contributed by atoms with Gasteiger partial charge in [-0.3, -0.25) is 9.59 Å². The van der Waals surface area contributed by atoms with Crippen LogP contribution >= 0.6 is 0 Å². The van der Waals surface area contributed by atoms with Gasteiger partial charge >= 0.3 is 5.97 Å². The second-order valence-corrected chi connectivity index (χ2v) is 4.66. The van der Waals surface area contributed by atoms with E-state index in [1.165, 1.54) is 0 Å². The van der Waals surface area contributed by atoms with E-state index in [-0.39, 0.29) is 5.91 Å². The largest absolute Gasteiger partial charge is 0.481 e. The van der Waals surface area contributed by atoms with Gasteiger partial charge in [0.2, 0.25) is 5.91 Å². The van der Waals surface area contributed by atoms with Crippen molar-refractivity contribution >= 4 is 17.6 Å². The average molecular weight is 258 g/mol. The summed E-state index contributed by atoms with van der Waals surface area (Å²) in [6.07, 6.45) is 1.93. The zero-order valence-electron chi connectivity index (χ0n) is 10.3. The SMILES string of the molecule is N#Cc1ccc(NC(=O)C2CCCC2C(=O)O)cc1. The van der Waals surface area contributed by atoms with Gasteiger partial charge in [0.1, 0.15) is 0 Å². The first kappa shape index (κ1) is 13.1. The minimum Gasteiger partial charge on any atom is -0.481 e. The summed E-state index contributed by atoms with van der Waals surface area (Å²) >= 11 is 0. The van der Waals surface area contributed by atoms with Gasteiger partial charge in [-0.05, 0) is 37.1 Å². The summed E-state index contributed by atoms with van der Waals surface area (Å²) in [5.41, 5.74) is 1.10. The van der Waals surface area contributed by atoms with Crippen molar-refractivity contribution in [2.75, 3.05) is 5.32 Å². The van der Waals surface area contributed by atoms with Crippen molar-refractivity contribution in [3.8, 4) is 6.07 Å². The lowest BCUT2D eigenvalue weighted by atomic mass is 9.95. The number of amides is 1. The number of anilines is 1. The number of carbonyl (C=O) groups excluding carboxylic acids is 1. The Balaban J connectivity index is 2.04. The van der Waals surface area contributed by atoms with Gasteiger partial charge in [-0.1, -0.05) is 6.42 Å². The first-order chi connectivity index (χ1) is 9.11. The van der Waals surface area contributed by atoms with E-state index in [4.69, 9.17) is 10.4 Å². The molecule has 1 saturated carbocycles. The number of rotatable bonds is 3. The normalized spacial score (nSPS) is 21.6. The lowest BCUT2D eigenvalue weighted by Crippen LogP contribution is -2.29. The predicted octanol–water partition coefficient (Wildman–Crippen LogP) is 2.00. The van der Waals surface area contributed by atoms with Crippen LogP contribution in [0.3, 0.4) is 0 Å². The maximum atomic E-state index is 12.0.